The molecule has 2 aromatic heterocycles. The molecule has 1 saturated carbocycles. The molecule has 1 atom stereocenters. The highest BCUT2D eigenvalue weighted by molar-refractivity contribution is 9.24. The zero-order chi connectivity index (χ0) is 32.0. The van der Waals surface area contributed by atoms with Gasteiger partial charge in [0.25, 0.3) is 0 Å². The first-order valence-corrected chi connectivity index (χ1v) is 15.3. The number of hydrogen-bond donors (Lipinski definition) is 1. The minimum Gasteiger partial charge on any atom is -0.480 e. The molecular weight excluding hydrogens is 714 g/mol. The third-order valence-electron chi connectivity index (χ3n) is 7.35. The van der Waals surface area contributed by atoms with Crippen LogP contribution in [0.1, 0.15) is 68.1 Å². The van der Waals surface area contributed by atoms with Gasteiger partial charge in [0.2, 0.25) is 12.3 Å². The van der Waals surface area contributed by atoms with Crippen LogP contribution >= 0.6 is 31.9 Å². The predicted octanol–water partition coefficient (Wildman–Crippen LogP) is 6.80. The molecule has 1 unspecified atom stereocenters. The molecule has 5 rings (SSSR count). The Morgan fingerprint density at radius 2 is 1.93 bits per heavy atom. The van der Waals surface area contributed by atoms with Crippen molar-refractivity contribution in [3.8, 4) is 17.3 Å². The number of carbonyl (C=O) groups excluding carboxylic acids is 1. The van der Waals surface area contributed by atoms with Gasteiger partial charge in [0, 0.05) is 35.5 Å². The normalized spacial score (nSPS) is 17.0. The van der Waals surface area contributed by atoms with E-state index in [1.54, 1.807) is 33.0 Å². The Kier molecular flexibility index (Phi) is 8.91. The van der Waals surface area contributed by atoms with Crippen LogP contribution in [0.2, 0.25) is 0 Å². The Hall–Kier alpha value is -3.33. The van der Waals surface area contributed by atoms with E-state index in [4.69, 9.17) is 9.72 Å². The highest BCUT2D eigenvalue weighted by Gasteiger charge is 2.42. The van der Waals surface area contributed by atoms with Crippen LogP contribution in [0.5, 0.6) is 5.88 Å². The molecule has 1 N–H and O–H groups in total. The molecule has 2 aliphatic rings. The van der Waals surface area contributed by atoms with Crippen LogP contribution in [0.3, 0.4) is 0 Å². The minimum atomic E-state index is -4.61. The van der Waals surface area contributed by atoms with Gasteiger partial charge in [-0.15, -0.1) is 0 Å². The number of allylic oxidation sites excluding steroid dienone is 1. The van der Waals surface area contributed by atoms with E-state index < -0.39 is 27.1 Å². The molecule has 1 aliphatic heterocycles. The fourth-order valence-electron chi connectivity index (χ4n) is 5.01. The second-order valence-electron chi connectivity index (χ2n) is 11.0. The molecule has 1 amide bonds. The highest BCUT2D eigenvalue weighted by atomic mass is 79.9. The maximum atomic E-state index is 15.5. The second kappa shape index (κ2) is 12.2. The SMILES string of the molecule is COc1ncnc(C2CC2)c1-c1ncc(C(C)(Br)Br)c(N(C=O)Cc2ccc(C3NC(C(F)(F)F)=CN3C(C)C)c(F)c2)n1. The van der Waals surface area contributed by atoms with E-state index >= 15 is 4.39 Å². The number of halogens is 6. The summed E-state index contributed by atoms with van der Waals surface area (Å²) in [6.45, 7) is 5.15. The predicted molar refractivity (Wildman–Crippen MR) is 162 cm³/mol. The van der Waals surface area contributed by atoms with Gasteiger partial charge in [-0.25, -0.2) is 24.3 Å². The Bertz CT molecular complexity index is 1590. The first-order valence-electron chi connectivity index (χ1n) is 13.7. The summed E-state index contributed by atoms with van der Waals surface area (Å²) < 4.78 is 60.5. The van der Waals surface area contributed by atoms with Crippen molar-refractivity contribution < 1.29 is 27.1 Å². The van der Waals surface area contributed by atoms with Gasteiger partial charge in [-0.3, -0.25) is 9.69 Å². The minimum absolute atomic E-state index is 0.0397. The van der Waals surface area contributed by atoms with Gasteiger partial charge < -0.3 is 15.0 Å². The quantitative estimate of drug-likeness (QED) is 0.138. The lowest BCUT2D eigenvalue weighted by Crippen LogP contribution is -2.34. The highest BCUT2D eigenvalue weighted by Crippen LogP contribution is 2.46. The van der Waals surface area contributed by atoms with Crippen LogP contribution in [-0.4, -0.2) is 50.6 Å². The number of benzene rings is 1. The number of anilines is 1. The molecule has 9 nitrogen and oxygen atoms in total. The molecule has 3 heterocycles. The summed E-state index contributed by atoms with van der Waals surface area (Å²) in [5.41, 5.74) is 1.29. The summed E-state index contributed by atoms with van der Waals surface area (Å²) in [7, 11) is 1.49. The van der Waals surface area contributed by atoms with Crippen molar-refractivity contribution in [3.05, 3.63) is 70.8 Å². The first kappa shape index (κ1) is 32.1. The number of nitrogens with zero attached hydrogens (tertiary/aromatic N) is 6. The van der Waals surface area contributed by atoms with Crippen LogP contribution in [0, 0.1) is 5.82 Å². The molecular formula is C29H29Br2F4N7O2. The van der Waals surface area contributed by atoms with Gasteiger partial charge in [0.1, 0.15) is 38.6 Å². The summed E-state index contributed by atoms with van der Waals surface area (Å²) in [5.74, 6) is 0.299. The van der Waals surface area contributed by atoms with Gasteiger partial charge in [-0.2, -0.15) is 13.2 Å². The number of rotatable bonds is 10. The van der Waals surface area contributed by atoms with Crippen molar-refractivity contribution in [1.82, 2.24) is 30.2 Å². The lowest BCUT2D eigenvalue weighted by atomic mass is 10.1. The van der Waals surface area contributed by atoms with Crippen molar-refractivity contribution in [3.63, 3.8) is 0 Å². The Morgan fingerprint density at radius 1 is 1.20 bits per heavy atom. The monoisotopic (exact) mass is 741 g/mol. The molecule has 1 aromatic carbocycles. The zero-order valence-corrected chi connectivity index (χ0v) is 27.3. The number of amides is 1. The second-order valence-corrected chi connectivity index (χ2v) is 15.2. The maximum Gasteiger partial charge on any atom is 0.432 e. The van der Waals surface area contributed by atoms with Crippen molar-refractivity contribution in [2.24, 2.45) is 0 Å². The van der Waals surface area contributed by atoms with Gasteiger partial charge in [-0.05, 0) is 45.2 Å². The summed E-state index contributed by atoms with van der Waals surface area (Å²) >= 11 is 7.12. The number of aromatic nitrogens is 4. The largest absolute Gasteiger partial charge is 0.480 e. The molecule has 1 fully saturated rings. The third kappa shape index (κ3) is 6.53. The Labute approximate surface area is 268 Å². The zero-order valence-electron chi connectivity index (χ0n) is 24.2. The number of alkyl halides is 5. The molecule has 1 aliphatic carbocycles. The van der Waals surface area contributed by atoms with E-state index in [2.05, 4.69) is 52.1 Å². The summed E-state index contributed by atoms with van der Waals surface area (Å²) in [6, 6.07) is 3.87. The van der Waals surface area contributed by atoms with Crippen molar-refractivity contribution in [1.29, 1.82) is 0 Å². The lowest BCUT2D eigenvalue weighted by Gasteiger charge is -2.30. The van der Waals surface area contributed by atoms with Crippen LogP contribution in [0.25, 0.3) is 11.4 Å². The number of ether oxygens (including phenoxy) is 1. The molecule has 3 aromatic rings. The first-order chi connectivity index (χ1) is 20.7. The van der Waals surface area contributed by atoms with Crippen LogP contribution in [-0.2, 0) is 14.6 Å². The number of hydrogen-bond acceptors (Lipinski definition) is 8. The van der Waals surface area contributed by atoms with E-state index in [-0.39, 0.29) is 35.7 Å². The summed E-state index contributed by atoms with van der Waals surface area (Å²) in [4.78, 5) is 33.2. The van der Waals surface area contributed by atoms with Crippen LogP contribution in [0.4, 0.5) is 23.4 Å². The number of methoxy groups -OCH3 is 1. The fraction of sp³-hybridized carbons (Fsp3) is 0.414. The average Bonchev–Trinajstić information content (AvgIpc) is 3.71. The third-order valence-corrected chi connectivity index (χ3v) is 8.20. The number of nitrogens with one attached hydrogen (secondary N) is 1. The topological polar surface area (TPSA) is 96.4 Å². The van der Waals surface area contributed by atoms with E-state index in [1.165, 1.54) is 35.4 Å². The molecule has 0 bridgehead atoms. The lowest BCUT2D eigenvalue weighted by molar-refractivity contribution is -0.107. The van der Waals surface area contributed by atoms with Crippen molar-refractivity contribution >= 4 is 44.1 Å². The van der Waals surface area contributed by atoms with E-state index in [0.717, 1.165) is 24.7 Å². The Balaban J connectivity index is 1.50. The number of carbonyl (C=O) groups is 1. The van der Waals surface area contributed by atoms with Gasteiger partial charge in [0.15, 0.2) is 5.82 Å². The smallest absolute Gasteiger partial charge is 0.432 e. The standard InChI is InChI=1S/C29H29Br2F4N7O2/c1-15(2)42-12-21(29(33,34)35)39-25(42)18-8-5-16(9-20(18)32)11-41(14-43)26-19(28(3,30)31)10-36-24(40-26)22-23(17-6-7-17)37-13-38-27(22)44-4/h5,8-10,12-15,17,25,39H,6-7,11H2,1-4H3. The van der Waals surface area contributed by atoms with Gasteiger partial charge in [-0.1, -0.05) is 44.0 Å². The Morgan fingerprint density at radius 3 is 2.50 bits per heavy atom. The van der Waals surface area contributed by atoms with E-state index in [0.29, 0.717) is 29.0 Å². The van der Waals surface area contributed by atoms with Crippen LogP contribution < -0.4 is 15.0 Å². The van der Waals surface area contributed by atoms with Crippen molar-refractivity contribution in [2.45, 2.75) is 67.7 Å². The molecule has 0 saturated heterocycles. The van der Waals surface area contributed by atoms with Gasteiger partial charge >= 0.3 is 6.18 Å². The molecule has 0 spiro atoms. The summed E-state index contributed by atoms with van der Waals surface area (Å²) in [5, 5.41) is 2.40. The fourth-order valence-corrected chi connectivity index (χ4v) is 5.57. The van der Waals surface area contributed by atoms with E-state index in [9.17, 15) is 18.0 Å². The van der Waals surface area contributed by atoms with Crippen molar-refractivity contribution in [2.75, 3.05) is 12.0 Å². The molecule has 234 valence electrons. The van der Waals surface area contributed by atoms with Gasteiger partial charge in [0.05, 0.1) is 19.3 Å². The molecule has 44 heavy (non-hydrogen) atoms. The van der Waals surface area contributed by atoms with Crippen LogP contribution in [0.15, 0.2) is 42.6 Å². The molecule has 15 heteroatoms. The van der Waals surface area contributed by atoms with E-state index in [1.807, 2.05) is 0 Å². The summed E-state index contributed by atoms with van der Waals surface area (Å²) in [6.07, 6.45) is 0.797. The average molecular weight is 743 g/mol. The molecule has 0 radical (unpaired) electrons. The maximum absolute atomic E-state index is 15.5.